The van der Waals surface area contributed by atoms with Gasteiger partial charge in [0.25, 0.3) is 5.91 Å². The normalized spacial score (nSPS) is 19.8. The molecule has 0 spiro atoms. The molecule has 1 aromatic rings. The van der Waals surface area contributed by atoms with E-state index >= 15 is 0 Å². The number of halogens is 2. The molecule has 1 fully saturated rings. The molecular weight excluding hydrogens is 345 g/mol. The minimum Gasteiger partial charge on any atom is -0.480 e. The maximum absolute atomic E-state index is 13.3. The zero-order chi connectivity index (χ0) is 15.4. The van der Waals surface area contributed by atoms with E-state index in [0.717, 1.165) is 12.5 Å². The largest absolute Gasteiger partial charge is 0.480 e. The van der Waals surface area contributed by atoms with Gasteiger partial charge in [0, 0.05) is 22.6 Å². The summed E-state index contributed by atoms with van der Waals surface area (Å²) in [5.41, 5.74) is 0.0739. The lowest BCUT2D eigenvalue weighted by Crippen LogP contribution is -2.48. The number of amides is 1. The number of rotatable bonds is 4. The molecule has 1 heterocycles. The van der Waals surface area contributed by atoms with Crippen molar-refractivity contribution in [2.75, 3.05) is 13.2 Å². The lowest BCUT2D eigenvalue weighted by atomic mass is 9.93. The van der Waals surface area contributed by atoms with Crippen molar-refractivity contribution in [3.8, 4) is 0 Å². The molecule has 0 radical (unpaired) electrons. The van der Waals surface area contributed by atoms with Crippen molar-refractivity contribution < 1.29 is 23.8 Å². The van der Waals surface area contributed by atoms with Crippen LogP contribution in [-0.2, 0) is 9.53 Å². The topological polar surface area (TPSA) is 75.6 Å². The first-order valence-electron chi connectivity index (χ1n) is 6.55. The van der Waals surface area contributed by atoms with E-state index in [1.54, 1.807) is 0 Å². The van der Waals surface area contributed by atoms with Crippen LogP contribution < -0.4 is 5.32 Å². The highest BCUT2D eigenvalue weighted by atomic mass is 79.9. The average molecular weight is 360 g/mol. The number of aliphatic carboxylic acids is 1. The number of ether oxygens (including phenoxy) is 1. The molecule has 0 aliphatic carbocycles. The van der Waals surface area contributed by atoms with E-state index in [1.807, 2.05) is 0 Å². The number of hydrogen-bond donors (Lipinski definition) is 2. The van der Waals surface area contributed by atoms with Crippen LogP contribution in [-0.4, -0.2) is 36.2 Å². The first-order valence-corrected chi connectivity index (χ1v) is 7.34. The second-order valence-electron chi connectivity index (χ2n) is 4.92. The van der Waals surface area contributed by atoms with Crippen LogP contribution in [0.25, 0.3) is 0 Å². The number of carboxylic acids is 1. The lowest BCUT2D eigenvalue weighted by molar-refractivity contribution is -0.142. The highest BCUT2D eigenvalue weighted by Gasteiger charge is 2.31. The SMILES string of the molecule is O=C(NC(C(=O)O)C1CCCOC1)c1cc(F)cc(Br)c1. The molecule has 2 rings (SSSR count). The van der Waals surface area contributed by atoms with Crippen LogP contribution in [0.4, 0.5) is 4.39 Å². The average Bonchev–Trinajstić information content (AvgIpc) is 2.44. The number of carbonyl (C=O) groups is 2. The summed E-state index contributed by atoms with van der Waals surface area (Å²) in [6.07, 6.45) is 1.43. The number of hydrogen-bond acceptors (Lipinski definition) is 3. The first-order chi connectivity index (χ1) is 9.97. The minimum atomic E-state index is -1.12. The molecule has 0 aromatic heterocycles. The van der Waals surface area contributed by atoms with Crippen molar-refractivity contribution in [3.05, 3.63) is 34.1 Å². The van der Waals surface area contributed by atoms with Gasteiger partial charge in [0.15, 0.2) is 0 Å². The van der Waals surface area contributed by atoms with Gasteiger partial charge in [0.1, 0.15) is 11.9 Å². The number of nitrogens with one attached hydrogen (secondary N) is 1. The summed E-state index contributed by atoms with van der Waals surface area (Å²) >= 11 is 3.10. The molecule has 1 saturated heterocycles. The standard InChI is InChI=1S/C14H15BrFNO4/c15-10-4-9(5-11(16)6-10)13(18)17-12(14(19)20)8-2-1-3-21-7-8/h4-6,8,12H,1-3,7H2,(H,17,18)(H,19,20). The molecule has 1 aliphatic heterocycles. The quantitative estimate of drug-likeness (QED) is 0.863. The highest BCUT2D eigenvalue weighted by Crippen LogP contribution is 2.19. The van der Waals surface area contributed by atoms with Crippen LogP contribution >= 0.6 is 15.9 Å². The van der Waals surface area contributed by atoms with Gasteiger partial charge in [-0.3, -0.25) is 4.79 Å². The molecule has 114 valence electrons. The van der Waals surface area contributed by atoms with Gasteiger partial charge in [-0.05, 0) is 31.0 Å². The van der Waals surface area contributed by atoms with Gasteiger partial charge in [0.05, 0.1) is 6.61 Å². The summed E-state index contributed by atoms with van der Waals surface area (Å²) < 4.78 is 19.0. The van der Waals surface area contributed by atoms with Crippen LogP contribution in [0, 0.1) is 11.7 Å². The fourth-order valence-corrected chi connectivity index (χ4v) is 2.78. The Bertz CT molecular complexity index is 526. The van der Waals surface area contributed by atoms with Crippen LogP contribution in [0.2, 0.25) is 0 Å². The van der Waals surface area contributed by atoms with E-state index in [-0.39, 0.29) is 11.5 Å². The molecule has 2 atom stereocenters. The van der Waals surface area contributed by atoms with E-state index in [0.29, 0.717) is 24.1 Å². The van der Waals surface area contributed by atoms with Gasteiger partial charge in [-0.15, -0.1) is 0 Å². The maximum Gasteiger partial charge on any atom is 0.326 e. The van der Waals surface area contributed by atoms with E-state index in [2.05, 4.69) is 21.2 Å². The molecule has 2 N–H and O–H groups in total. The van der Waals surface area contributed by atoms with Gasteiger partial charge in [-0.25, -0.2) is 9.18 Å². The van der Waals surface area contributed by atoms with Crippen molar-refractivity contribution in [1.82, 2.24) is 5.32 Å². The van der Waals surface area contributed by atoms with Crippen LogP contribution in [0.3, 0.4) is 0 Å². The van der Waals surface area contributed by atoms with Crippen molar-refractivity contribution >= 4 is 27.8 Å². The third kappa shape index (κ3) is 4.25. The Hall–Kier alpha value is -1.47. The number of carbonyl (C=O) groups excluding carboxylic acids is 1. The van der Waals surface area contributed by atoms with Gasteiger partial charge in [0.2, 0.25) is 0 Å². The van der Waals surface area contributed by atoms with Crippen molar-refractivity contribution in [3.63, 3.8) is 0 Å². The third-order valence-electron chi connectivity index (χ3n) is 3.34. The second-order valence-corrected chi connectivity index (χ2v) is 5.84. The Labute approximate surface area is 129 Å². The van der Waals surface area contributed by atoms with Gasteiger partial charge in [-0.1, -0.05) is 15.9 Å². The zero-order valence-corrected chi connectivity index (χ0v) is 12.7. The smallest absolute Gasteiger partial charge is 0.326 e. The molecule has 1 aliphatic rings. The molecule has 7 heteroatoms. The predicted molar refractivity (Wildman–Crippen MR) is 76.5 cm³/mol. The van der Waals surface area contributed by atoms with Crippen LogP contribution in [0.1, 0.15) is 23.2 Å². The van der Waals surface area contributed by atoms with Gasteiger partial charge < -0.3 is 15.2 Å². The summed E-state index contributed by atoms with van der Waals surface area (Å²) in [5, 5.41) is 11.7. The summed E-state index contributed by atoms with van der Waals surface area (Å²) in [6.45, 7) is 0.901. The Balaban J connectivity index is 2.12. The third-order valence-corrected chi connectivity index (χ3v) is 3.80. The Morgan fingerprint density at radius 2 is 2.19 bits per heavy atom. The van der Waals surface area contributed by atoms with Gasteiger partial charge >= 0.3 is 5.97 Å². The van der Waals surface area contributed by atoms with E-state index in [1.165, 1.54) is 12.1 Å². The molecule has 1 aromatic carbocycles. The van der Waals surface area contributed by atoms with Crippen molar-refractivity contribution in [2.24, 2.45) is 5.92 Å². The molecule has 21 heavy (non-hydrogen) atoms. The summed E-state index contributed by atoms with van der Waals surface area (Å²) in [5.74, 6) is -2.58. The van der Waals surface area contributed by atoms with Crippen LogP contribution in [0.15, 0.2) is 22.7 Å². The first kappa shape index (κ1) is 15.9. The van der Waals surface area contributed by atoms with E-state index in [9.17, 15) is 19.1 Å². The fraction of sp³-hybridized carbons (Fsp3) is 0.429. The highest BCUT2D eigenvalue weighted by molar-refractivity contribution is 9.10. The summed E-state index contributed by atoms with van der Waals surface area (Å²) in [4.78, 5) is 23.4. The van der Waals surface area contributed by atoms with E-state index < -0.39 is 23.7 Å². The molecule has 0 saturated carbocycles. The predicted octanol–water partition coefficient (Wildman–Crippen LogP) is 2.20. The van der Waals surface area contributed by atoms with Gasteiger partial charge in [-0.2, -0.15) is 0 Å². The molecular formula is C14H15BrFNO4. The summed E-state index contributed by atoms with van der Waals surface area (Å²) in [6, 6.07) is 2.69. The Morgan fingerprint density at radius 1 is 1.43 bits per heavy atom. The van der Waals surface area contributed by atoms with Crippen molar-refractivity contribution in [2.45, 2.75) is 18.9 Å². The molecule has 1 amide bonds. The Kier molecular flexibility index (Phi) is 5.30. The monoisotopic (exact) mass is 359 g/mol. The number of benzene rings is 1. The Morgan fingerprint density at radius 3 is 2.76 bits per heavy atom. The van der Waals surface area contributed by atoms with Crippen molar-refractivity contribution in [1.29, 1.82) is 0 Å². The lowest BCUT2D eigenvalue weighted by Gasteiger charge is -2.28. The summed E-state index contributed by atoms with van der Waals surface area (Å²) in [7, 11) is 0. The second kappa shape index (κ2) is 7.00. The van der Waals surface area contributed by atoms with Crippen LogP contribution in [0.5, 0.6) is 0 Å². The number of carboxylic acid groups (broad SMARTS) is 1. The zero-order valence-electron chi connectivity index (χ0n) is 11.1. The maximum atomic E-state index is 13.3. The minimum absolute atomic E-state index is 0.0739. The molecule has 0 bridgehead atoms. The van der Waals surface area contributed by atoms with E-state index in [4.69, 9.17) is 4.74 Å². The fourth-order valence-electron chi connectivity index (χ4n) is 2.32. The molecule has 2 unspecified atom stereocenters. The molecule has 5 nitrogen and oxygen atoms in total.